The van der Waals surface area contributed by atoms with Gasteiger partial charge in [-0.3, -0.25) is 4.90 Å². The van der Waals surface area contributed by atoms with E-state index in [2.05, 4.69) is 22.3 Å². The van der Waals surface area contributed by atoms with Gasteiger partial charge < -0.3 is 15.5 Å². The third-order valence-corrected chi connectivity index (χ3v) is 4.80. The maximum Gasteiger partial charge on any atom is 0.163 e. The number of nitrogens with zero attached hydrogens (tertiary/aromatic N) is 1. The molecule has 1 aromatic carbocycles. The van der Waals surface area contributed by atoms with Gasteiger partial charge in [-0.2, -0.15) is 0 Å². The summed E-state index contributed by atoms with van der Waals surface area (Å²) < 4.78 is 0. The zero-order chi connectivity index (χ0) is 14.0. The molecule has 0 saturated carbocycles. The summed E-state index contributed by atoms with van der Waals surface area (Å²) in [6.45, 7) is 2.72. The second-order valence-corrected chi connectivity index (χ2v) is 6.09. The molecule has 2 aliphatic heterocycles. The van der Waals surface area contributed by atoms with Crippen LogP contribution >= 0.6 is 0 Å². The molecule has 2 aliphatic rings. The van der Waals surface area contributed by atoms with Gasteiger partial charge in [0.2, 0.25) is 0 Å². The molecule has 2 heterocycles. The Morgan fingerprint density at radius 1 is 1.30 bits per heavy atom. The van der Waals surface area contributed by atoms with Crippen molar-refractivity contribution in [2.45, 2.75) is 36.9 Å². The van der Waals surface area contributed by atoms with Crippen molar-refractivity contribution in [3.05, 3.63) is 35.9 Å². The van der Waals surface area contributed by atoms with Gasteiger partial charge in [0.05, 0.1) is 0 Å². The van der Waals surface area contributed by atoms with Crippen molar-refractivity contribution in [3.8, 4) is 0 Å². The average Bonchev–Trinajstić information content (AvgIpc) is 2.47. The summed E-state index contributed by atoms with van der Waals surface area (Å²) in [6.07, 6.45) is 3.40. The first-order valence-corrected chi connectivity index (χ1v) is 7.63. The van der Waals surface area contributed by atoms with Crippen LogP contribution in [0.2, 0.25) is 0 Å². The number of hydrogen-bond acceptors (Lipinski definition) is 3. The number of nitrogens with one attached hydrogen (secondary N) is 1. The second-order valence-electron chi connectivity index (χ2n) is 6.09. The molecule has 2 saturated heterocycles. The smallest absolute Gasteiger partial charge is 0.163 e. The molecular formula is C16H25N2O2+. The minimum atomic E-state index is -0.595. The highest BCUT2D eigenvalue weighted by Crippen LogP contribution is 2.35. The maximum absolute atomic E-state index is 10.7. The molecule has 0 aliphatic carbocycles. The Labute approximate surface area is 120 Å². The van der Waals surface area contributed by atoms with Gasteiger partial charge in [0, 0.05) is 19.1 Å². The Bertz CT molecular complexity index is 433. The van der Waals surface area contributed by atoms with Gasteiger partial charge in [-0.15, -0.1) is 0 Å². The van der Waals surface area contributed by atoms with E-state index in [1.165, 1.54) is 18.4 Å². The van der Waals surface area contributed by atoms with Crippen LogP contribution in [0.1, 0.15) is 30.9 Å². The summed E-state index contributed by atoms with van der Waals surface area (Å²) in [7, 11) is 0. The molecule has 0 amide bonds. The van der Waals surface area contributed by atoms with E-state index in [-0.39, 0.29) is 12.1 Å². The van der Waals surface area contributed by atoms with Crippen LogP contribution in [-0.4, -0.2) is 53.0 Å². The van der Waals surface area contributed by atoms with Gasteiger partial charge in [-0.05, 0) is 24.9 Å². The van der Waals surface area contributed by atoms with E-state index in [4.69, 9.17) is 5.11 Å². The van der Waals surface area contributed by atoms with E-state index in [0.29, 0.717) is 19.7 Å². The summed E-state index contributed by atoms with van der Waals surface area (Å²) in [6, 6.07) is 10.6. The summed E-state index contributed by atoms with van der Waals surface area (Å²) in [5, 5.41) is 21.9. The predicted molar refractivity (Wildman–Crippen MR) is 79.8 cm³/mol. The molecule has 4 nitrogen and oxygen atoms in total. The highest BCUT2D eigenvalue weighted by Gasteiger charge is 2.47. The number of hydrogen-bond donors (Lipinski definition) is 2. The lowest BCUT2D eigenvalue weighted by Crippen LogP contribution is -2.70. The van der Waals surface area contributed by atoms with Crippen molar-refractivity contribution in [1.29, 1.82) is 0 Å². The number of aliphatic hydroxyl groups is 1. The normalized spacial score (nSPS) is 27.8. The van der Waals surface area contributed by atoms with Gasteiger partial charge in [0.1, 0.15) is 11.6 Å². The second kappa shape index (κ2) is 5.82. The molecule has 20 heavy (non-hydrogen) atoms. The average molecular weight is 277 g/mol. The third kappa shape index (κ3) is 2.49. The van der Waals surface area contributed by atoms with Crippen molar-refractivity contribution < 1.29 is 10.2 Å². The fourth-order valence-electron chi connectivity index (χ4n) is 3.62. The van der Waals surface area contributed by atoms with Crippen LogP contribution in [0, 0.1) is 0 Å². The van der Waals surface area contributed by atoms with Gasteiger partial charge >= 0.3 is 0 Å². The Morgan fingerprint density at radius 3 is 2.65 bits per heavy atom. The first kappa shape index (κ1) is 14.0. The molecule has 4 heteroatoms. The molecule has 0 radical (unpaired) electrons. The Morgan fingerprint density at radius 2 is 2.05 bits per heavy atom. The first-order chi connectivity index (χ1) is 9.74. The lowest BCUT2D eigenvalue weighted by molar-refractivity contribution is -0.111. The quantitative estimate of drug-likeness (QED) is 0.794. The number of piperidine rings is 1. The largest absolute Gasteiger partial charge is 0.444 e. The Balaban J connectivity index is 1.84. The summed E-state index contributed by atoms with van der Waals surface area (Å²) >= 11 is 0. The molecule has 0 spiro atoms. The molecule has 0 unspecified atom stereocenters. The third-order valence-electron chi connectivity index (χ3n) is 4.80. The fraction of sp³-hybridized carbons (Fsp3) is 0.625. The predicted octanol–water partition coefficient (Wildman–Crippen LogP) is 0.641. The van der Waals surface area contributed by atoms with Crippen molar-refractivity contribution in [1.82, 2.24) is 10.2 Å². The van der Waals surface area contributed by atoms with Crippen LogP contribution in [0.3, 0.4) is 0 Å². The molecule has 0 aromatic heterocycles. The van der Waals surface area contributed by atoms with Crippen molar-refractivity contribution in [2.75, 3.05) is 26.2 Å². The van der Waals surface area contributed by atoms with Gasteiger partial charge in [0.25, 0.3) is 0 Å². The van der Waals surface area contributed by atoms with Crippen LogP contribution in [0.25, 0.3) is 0 Å². The standard InChI is InChI=1S/C16H24N2O2/c19-10-14(13-6-2-1-3-7-13)18-9-5-4-8-15(18)16(20)11-17-12-16/h1-3,6-7,14-15,17,19-20H,4-5,8-12H2/p+1/t14-,15+/m1/s1. The molecule has 2 fully saturated rings. The fourth-order valence-corrected chi connectivity index (χ4v) is 3.62. The zero-order valence-electron chi connectivity index (χ0n) is 11.9. The Hall–Kier alpha value is -0.940. The summed E-state index contributed by atoms with van der Waals surface area (Å²) in [4.78, 5) is 2.38. The topological polar surface area (TPSA) is 58.4 Å². The van der Waals surface area contributed by atoms with Gasteiger partial charge in [-0.1, -0.05) is 36.8 Å². The number of likely N-dealkylation sites (tertiary alicyclic amines) is 1. The molecule has 4 N–H and O–H groups in total. The van der Waals surface area contributed by atoms with Gasteiger partial charge in [-0.25, -0.2) is 0 Å². The highest BCUT2D eigenvalue weighted by atomic mass is 16.3. The van der Waals surface area contributed by atoms with Crippen LogP contribution < -0.4 is 5.32 Å². The van der Waals surface area contributed by atoms with Crippen molar-refractivity contribution in [2.24, 2.45) is 0 Å². The minimum absolute atomic E-state index is 0.103. The molecule has 110 valence electrons. The zero-order valence-corrected chi connectivity index (χ0v) is 11.9. The van der Waals surface area contributed by atoms with Crippen LogP contribution in [0.15, 0.2) is 30.3 Å². The van der Waals surface area contributed by atoms with E-state index < -0.39 is 5.60 Å². The summed E-state index contributed by atoms with van der Waals surface area (Å²) in [5.74, 6) is 0. The minimum Gasteiger partial charge on any atom is -0.444 e. The molecule has 2 atom stereocenters. The number of benzene rings is 1. The molecule has 1 aromatic rings. The monoisotopic (exact) mass is 277 g/mol. The van der Waals surface area contributed by atoms with E-state index in [1.807, 2.05) is 18.2 Å². The SMILES string of the molecule is OC1([C@@H]2CCCCN2[C@H](C[OH2+])c2ccccc2)CNC1. The first-order valence-electron chi connectivity index (χ1n) is 7.63. The van der Waals surface area contributed by atoms with Crippen LogP contribution in [0.4, 0.5) is 0 Å². The van der Waals surface area contributed by atoms with Crippen LogP contribution in [-0.2, 0) is 0 Å². The highest BCUT2D eigenvalue weighted by molar-refractivity contribution is 5.20. The van der Waals surface area contributed by atoms with E-state index in [9.17, 15) is 5.11 Å². The number of rotatable bonds is 4. The van der Waals surface area contributed by atoms with Gasteiger partial charge in [0.15, 0.2) is 6.61 Å². The lowest BCUT2D eigenvalue weighted by atomic mass is 9.80. The van der Waals surface area contributed by atoms with E-state index >= 15 is 0 Å². The lowest BCUT2D eigenvalue weighted by Gasteiger charge is -2.52. The number of β-amino-alcohol motifs (C(OH)–C–C–N with tert-alkyl or cyclic N) is 1. The maximum atomic E-state index is 10.7. The van der Waals surface area contributed by atoms with Crippen LogP contribution in [0.5, 0.6) is 0 Å². The van der Waals surface area contributed by atoms with Crippen molar-refractivity contribution >= 4 is 0 Å². The Kier molecular flexibility index (Phi) is 4.08. The van der Waals surface area contributed by atoms with E-state index in [1.54, 1.807) is 0 Å². The summed E-state index contributed by atoms with van der Waals surface area (Å²) in [5.41, 5.74) is 0.605. The molecule has 0 bridgehead atoms. The van der Waals surface area contributed by atoms with E-state index in [0.717, 1.165) is 13.0 Å². The molecule has 3 rings (SSSR count). The van der Waals surface area contributed by atoms with Crippen molar-refractivity contribution in [3.63, 3.8) is 0 Å². The molecular weight excluding hydrogens is 252 g/mol.